The number of carbonyl (C=O) groups excluding carboxylic acids is 1. The smallest absolute Gasteiger partial charge is 0.134 e. The topological polar surface area (TPSA) is 20.3 Å². The molecule has 2 nitrogen and oxygen atoms in total. The van der Waals surface area contributed by atoms with E-state index in [1.54, 1.807) is 0 Å². The Morgan fingerprint density at radius 2 is 1.35 bits per heavy atom. The number of hydrogen-bond donors (Lipinski definition) is 0. The summed E-state index contributed by atoms with van der Waals surface area (Å²) >= 11 is 0. The van der Waals surface area contributed by atoms with Crippen LogP contribution < -0.4 is 0 Å². The van der Waals surface area contributed by atoms with E-state index in [1.165, 1.54) is 11.1 Å². The minimum absolute atomic E-state index is 0.387. The number of hydrogen-bond acceptors (Lipinski definition) is 2. The highest BCUT2D eigenvalue weighted by molar-refractivity contribution is 5.78. The highest BCUT2D eigenvalue weighted by Gasteiger charge is 2.10. The lowest BCUT2D eigenvalue weighted by molar-refractivity contribution is -0.119. The Balaban J connectivity index is 1.95. The van der Waals surface area contributed by atoms with Gasteiger partial charge >= 0.3 is 0 Å². The second-order valence-corrected chi connectivity index (χ2v) is 6.07. The van der Waals surface area contributed by atoms with Gasteiger partial charge in [-0.2, -0.15) is 0 Å². The molecular formula is C21H27NO. The van der Waals surface area contributed by atoms with Gasteiger partial charge in [0.15, 0.2) is 0 Å². The van der Waals surface area contributed by atoms with Gasteiger partial charge in [0.05, 0.1) is 0 Å². The van der Waals surface area contributed by atoms with Crippen LogP contribution in [0.4, 0.5) is 0 Å². The van der Waals surface area contributed by atoms with Crippen LogP contribution in [0.25, 0.3) is 0 Å². The Morgan fingerprint density at radius 1 is 0.826 bits per heavy atom. The fraction of sp³-hybridized carbons (Fsp3) is 0.381. The Labute approximate surface area is 140 Å². The molecule has 0 aromatic heterocycles. The van der Waals surface area contributed by atoms with E-state index in [4.69, 9.17) is 0 Å². The van der Waals surface area contributed by atoms with E-state index < -0.39 is 0 Å². The number of benzene rings is 2. The minimum Gasteiger partial charge on any atom is -0.300 e. The van der Waals surface area contributed by atoms with Crippen LogP contribution in [0.15, 0.2) is 60.7 Å². The van der Waals surface area contributed by atoms with Gasteiger partial charge in [0.2, 0.25) is 0 Å². The van der Waals surface area contributed by atoms with Gasteiger partial charge in [0.1, 0.15) is 5.78 Å². The molecule has 0 aliphatic rings. The van der Waals surface area contributed by atoms with Gasteiger partial charge in [-0.3, -0.25) is 9.69 Å². The second kappa shape index (κ2) is 9.96. The van der Waals surface area contributed by atoms with E-state index in [1.807, 2.05) is 12.1 Å². The van der Waals surface area contributed by atoms with Gasteiger partial charge in [-0.25, -0.2) is 0 Å². The van der Waals surface area contributed by atoms with Crippen LogP contribution in [0.3, 0.4) is 0 Å². The molecule has 0 aliphatic carbocycles. The maximum atomic E-state index is 12.0. The zero-order valence-corrected chi connectivity index (χ0v) is 14.1. The molecule has 23 heavy (non-hydrogen) atoms. The maximum absolute atomic E-state index is 12.0. The molecule has 0 fully saturated rings. The maximum Gasteiger partial charge on any atom is 0.134 e. The van der Waals surface area contributed by atoms with E-state index in [0.717, 1.165) is 38.9 Å². The Morgan fingerprint density at radius 3 is 1.83 bits per heavy atom. The molecule has 122 valence electrons. The predicted molar refractivity (Wildman–Crippen MR) is 96.1 cm³/mol. The third kappa shape index (κ3) is 6.79. The lowest BCUT2D eigenvalue weighted by Crippen LogP contribution is -2.25. The average Bonchev–Trinajstić information content (AvgIpc) is 2.59. The normalized spacial score (nSPS) is 10.9. The number of nitrogens with zero attached hydrogens (tertiary/aromatic N) is 1. The molecule has 0 saturated carbocycles. The highest BCUT2D eigenvalue weighted by atomic mass is 16.1. The molecule has 2 rings (SSSR count). The SMILES string of the molecule is CCCCC(=O)CCN(Cc1ccccc1)Cc1ccccc1. The second-order valence-electron chi connectivity index (χ2n) is 6.07. The molecule has 0 saturated heterocycles. The summed E-state index contributed by atoms with van der Waals surface area (Å²) in [4.78, 5) is 14.4. The van der Waals surface area contributed by atoms with Crippen molar-refractivity contribution in [1.29, 1.82) is 0 Å². The Kier molecular flexibility index (Phi) is 7.55. The summed E-state index contributed by atoms with van der Waals surface area (Å²) in [6.07, 6.45) is 3.47. The number of unbranched alkanes of at least 4 members (excludes halogenated alkanes) is 1. The lowest BCUT2D eigenvalue weighted by Gasteiger charge is -2.22. The molecule has 2 heteroatoms. The van der Waals surface area contributed by atoms with Gasteiger partial charge in [-0.05, 0) is 17.5 Å². The van der Waals surface area contributed by atoms with Gasteiger partial charge in [-0.1, -0.05) is 74.0 Å². The summed E-state index contributed by atoms with van der Waals surface area (Å²) in [5.74, 6) is 0.387. The van der Waals surface area contributed by atoms with Crippen LogP contribution in [-0.2, 0) is 17.9 Å². The summed E-state index contributed by atoms with van der Waals surface area (Å²) < 4.78 is 0. The van der Waals surface area contributed by atoms with Crippen molar-refractivity contribution in [2.75, 3.05) is 6.54 Å². The van der Waals surface area contributed by atoms with Crippen molar-refractivity contribution in [1.82, 2.24) is 4.90 Å². The van der Waals surface area contributed by atoms with E-state index in [9.17, 15) is 4.79 Å². The van der Waals surface area contributed by atoms with Crippen molar-refractivity contribution < 1.29 is 4.79 Å². The third-order valence-corrected chi connectivity index (χ3v) is 4.01. The molecule has 0 heterocycles. The average molecular weight is 309 g/mol. The Bertz CT molecular complexity index is 523. The van der Waals surface area contributed by atoms with E-state index in [0.29, 0.717) is 12.2 Å². The summed E-state index contributed by atoms with van der Waals surface area (Å²) in [7, 11) is 0. The summed E-state index contributed by atoms with van der Waals surface area (Å²) in [6, 6.07) is 21.0. The third-order valence-electron chi connectivity index (χ3n) is 4.01. The van der Waals surface area contributed by atoms with Crippen LogP contribution in [0.5, 0.6) is 0 Å². The van der Waals surface area contributed by atoms with Crippen LogP contribution in [0.1, 0.15) is 43.7 Å². The zero-order valence-electron chi connectivity index (χ0n) is 14.1. The fourth-order valence-corrected chi connectivity index (χ4v) is 2.68. The first-order valence-corrected chi connectivity index (χ1v) is 8.60. The van der Waals surface area contributed by atoms with Crippen molar-refractivity contribution in [3.8, 4) is 0 Å². The first kappa shape index (κ1) is 17.4. The molecule has 0 N–H and O–H groups in total. The van der Waals surface area contributed by atoms with Crippen molar-refractivity contribution >= 4 is 5.78 Å². The van der Waals surface area contributed by atoms with Crippen molar-refractivity contribution in [3.05, 3.63) is 71.8 Å². The minimum atomic E-state index is 0.387. The number of Topliss-reactive ketones (excluding diaryl/α,β-unsaturated/α-hetero) is 1. The summed E-state index contributed by atoms with van der Waals surface area (Å²) in [6.45, 7) is 4.73. The van der Waals surface area contributed by atoms with E-state index >= 15 is 0 Å². The molecular weight excluding hydrogens is 282 g/mol. The van der Waals surface area contributed by atoms with Crippen LogP contribution in [0, 0.1) is 0 Å². The molecule has 0 radical (unpaired) electrons. The number of carbonyl (C=O) groups is 1. The van der Waals surface area contributed by atoms with Crippen molar-refractivity contribution in [2.45, 2.75) is 45.7 Å². The standard InChI is InChI=1S/C21H27NO/c1-2-3-14-21(23)15-16-22(17-19-10-6-4-7-11-19)18-20-12-8-5-9-13-20/h4-13H,2-3,14-18H2,1H3. The van der Waals surface area contributed by atoms with Gasteiger partial charge < -0.3 is 0 Å². The fourth-order valence-electron chi connectivity index (χ4n) is 2.68. The molecule has 0 aliphatic heterocycles. The van der Waals surface area contributed by atoms with Crippen LogP contribution >= 0.6 is 0 Å². The van der Waals surface area contributed by atoms with Crippen molar-refractivity contribution in [2.24, 2.45) is 0 Å². The zero-order chi connectivity index (χ0) is 16.3. The number of ketones is 1. The predicted octanol–water partition coefficient (Wildman–Crippen LogP) is 4.84. The monoisotopic (exact) mass is 309 g/mol. The van der Waals surface area contributed by atoms with Gasteiger partial charge in [0, 0.05) is 32.5 Å². The summed E-state index contributed by atoms with van der Waals surface area (Å²) in [5.41, 5.74) is 2.59. The lowest BCUT2D eigenvalue weighted by atomic mass is 10.1. The molecule has 0 unspecified atom stereocenters. The van der Waals surface area contributed by atoms with E-state index in [2.05, 4.69) is 60.4 Å². The van der Waals surface area contributed by atoms with Gasteiger partial charge in [0.25, 0.3) is 0 Å². The van der Waals surface area contributed by atoms with Crippen LogP contribution in [-0.4, -0.2) is 17.2 Å². The molecule has 0 atom stereocenters. The van der Waals surface area contributed by atoms with Crippen LogP contribution in [0.2, 0.25) is 0 Å². The molecule has 2 aromatic rings. The molecule has 0 bridgehead atoms. The Hall–Kier alpha value is -1.93. The highest BCUT2D eigenvalue weighted by Crippen LogP contribution is 2.11. The van der Waals surface area contributed by atoms with E-state index in [-0.39, 0.29) is 0 Å². The first-order chi connectivity index (χ1) is 11.3. The largest absolute Gasteiger partial charge is 0.300 e. The summed E-state index contributed by atoms with van der Waals surface area (Å²) in [5, 5.41) is 0. The number of rotatable bonds is 10. The van der Waals surface area contributed by atoms with Gasteiger partial charge in [-0.15, -0.1) is 0 Å². The molecule has 0 amide bonds. The quantitative estimate of drug-likeness (QED) is 0.626. The molecule has 0 spiro atoms. The van der Waals surface area contributed by atoms with Crippen molar-refractivity contribution in [3.63, 3.8) is 0 Å². The first-order valence-electron chi connectivity index (χ1n) is 8.60. The molecule has 2 aromatic carbocycles.